The number of hydrogen-bond acceptors (Lipinski definition) is 4. The second-order valence-electron chi connectivity index (χ2n) is 4.47. The highest BCUT2D eigenvalue weighted by Crippen LogP contribution is 2.36. The molecule has 0 bridgehead atoms. The number of fused-ring (bicyclic) bond motifs is 1. The molecule has 0 amide bonds. The summed E-state index contributed by atoms with van der Waals surface area (Å²) in [6.07, 6.45) is 0. The van der Waals surface area contributed by atoms with Crippen molar-refractivity contribution in [1.29, 1.82) is 0 Å². The molecule has 0 aromatic heterocycles. The topological polar surface area (TPSA) is 47.7 Å². The van der Waals surface area contributed by atoms with Crippen LogP contribution in [-0.2, 0) is 6.54 Å². The molecule has 4 heteroatoms. The Morgan fingerprint density at radius 2 is 1.68 bits per heavy atom. The fourth-order valence-corrected chi connectivity index (χ4v) is 2.10. The molecule has 0 atom stereocenters. The van der Waals surface area contributed by atoms with Gasteiger partial charge in [0.05, 0.1) is 0 Å². The van der Waals surface area contributed by atoms with Crippen LogP contribution in [-0.4, -0.2) is 13.8 Å². The van der Waals surface area contributed by atoms with E-state index in [2.05, 4.69) is 17.0 Å². The highest BCUT2D eigenvalue weighted by molar-refractivity contribution is 5.66. The molecule has 0 saturated carbocycles. The standard InChI is InChI=1S/C15H16N2O2/c1-17(12-4-2-11(9-16)3-5-12)13-6-7-14-15(8-13)19-10-18-14/h2-8H,9-10,16H2,1H3. The number of rotatable bonds is 3. The molecule has 2 aromatic carbocycles. The first-order chi connectivity index (χ1) is 9.28. The SMILES string of the molecule is CN(c1ccc(CN)cc1)c1ccc2c(c1)OCO2. The molecule has 4 nitrogen and oxygen atoms in total. The summed E-state index contributed by atoms with van der Waals surface area (Å²) in [5, 5.41) is 0. The summed E-state index contributed by atoms with van der Waals surface area (Å²) < 4.78 is 10.7. The Morgan fingerprint density at radius 3 is 2.42 bits per heavy atom. The smallest absolute Gasteiger partial charge is 0.231 e. The van der Waals surface area contributed by atoms with Crippen LogP contribution >= 0.6 is 0 Å². The Labute approximate surface area is 112 Å². The van der Waals surface area contributed by atoms with Crippen LogP contribution < -0.4 is 20.1 Å². The number of nitrogens with zero attached hydrogens (tertiary/aromatic N) is 1. The quantitative estimate of drug-likeness (QED) is 0.917. The molecule has 3 rings (SSSR count). The first-order valence-electron chi connectivity index (χ1n) is 6.20. The van der Waals surface area contributed by atoms with Crippen molar-refractivity contribution < 1.29 is 9.47 Å². The average Bonchev–Trinajstić information content (AvgIpc) is 2.94. The van der Waals surface area contributed by atoms with Crippen LogP contribution in [0.4, 0.5) is 11.4 Å². The maximum Gasteiger partial charge on any atom is 0.231 e. The van der Waals surface area contributed by atoms with E-state index in [0.717, 1.165) is 28.4 Å². The largest absolute Gasteiger partial charge is 0.454 e. The van der Waals surface area contributed by atoms with Crippen LogP contribution in [0.5, 0.6) is 11.5 Å². The Hall–Kier alpha value is -2.20. The summed E-state index contributed by atoms with van der Waals surface area (Å²) in [7, 11) is 2.02. The van der Waals surface area contributed by atoms with E-state index in [1.54, 1.807) is 0 Å². The predicted octanol–water partition coefficient (Wildman–Crippen LogP) is 2.64. The van der Waals surface area contributed by atoms with Crippen LogP contribution in [0.1, 0.15) is 5.56 Å². The number of hydrogen-bond donors (Lipinski definition) is 1. The lowest BCUT2D eigenvalue weighted by atomic mass is 10.2. The van der Waals surface area contributed by atoms with E-state index in [1.807, 2.05) is 37.4 Å². The van der Waals surface area contributed by atoms with E-state index in [0.29, 0.717) is 13.3 Å². The van der Waals surface area contributed by atoms with E-state index in [4.69, 9.17) is 15.2 Å². The van der Waals surface area contributed by atoms with E-state index in [-0.39, 0.29) is 0 Å². The van der Waals surface area contributed by atoms with E-state index in [1.165, 1.54) is 0 Å². The van der Waals surface area contributed by atoms with Crippen molar-refractivity contribution in [3.05, 3.63) is 48.0 Å². The van der Waals surface area contributed by atoms with Gasteiger partial charge in [0, 0.05) is 31.0 Å². The molecule has 1 aliphatic rings. The lowest BCUT2D eigenvalue weighted by Crippen LogP contribution is -2.09. The fraction of sp³-hybridized carbons (Fsp3) is 0.200. The highest BCUT2D eigenvalue weighted by atomic mass is 16.7. The third kappa shape index (κ3) is 2.22. The van der Waals surface area contributed by atoms with Gasteiger partial charge in [0.15, 0.2) is 11.5 Å². The third-order valence-corrected chi connectivity index (χ3v) is 3.30. The fourth-order valence-electron chi connectivity index (χ4n) is 2.10. The van der Waals surface area contributed by atoms with Gasteiger partial charge in [-0.25, -0.2) is 0 Å². The Kier molecular flexibility index (Phi) is 3.01. The maximum atomic E-state index is 5.60. The summed E-state index contributed by atoms with van der Waals surface area (Å²) in [5.41, 5.74) is 8.90. The van der Waals surface area contributed by atoms with Gasteiger partial charge < -0.3 is 20.1 Å². The van der Waals surface area contributed by atoms with Crippen molar-refractivity contribution in [2.45, 2.75) is 6.54 Å². The summed E-state index contributed by atoms with van der Waals surface area (Å²) in [4.78, 5) is 2.10. The predicted molar refractivity (Wildman–Crippen MR) is 75.0 cm³/mol. The lowest BCUT2D eigenvalue weighted by Gasteiger charge is -2.20. The molecule has 0 aliphatic carbocycles. The second-order valence-corrected chi connectivity index (χ2v) is 4.47. The molecule has 19 heavy (non-hydrogen) atoms. The zero-order valence-electron chi connectivity index (χ0n) is 10.8. The molecule has 1 aliphatic heterocycles. The van der Waals surface area contributed by atoms with E-state index >= 15 is 0 Å². The van der Waals surface area contributed by atoms with Crippen LogP contribution in [0.2, 0.25) is 0 Å². The van der Waals surface area contributed by atoms with Gasteiger partial charge in [-0.05, 0) is 29.8 Å². The van der Waals surface area contributed by atoms with Gasteiger partial charge >= 0.3 is 0 Å². The Bertz CT molecular complexity index is 581. The molecule has 2 aromatic rings. The molecular formula is C15H16N2O2. The molecule has 98 valence electrons. The van der Waals surface area contributed by atoms with Gasteiger partial charge in [0.2, 0.25) is 6.79 Å². The highest BCUT2D eigenvalue weighted by Gasteiger charge is 2.15. The molecule has 2 N–H and O–H groups in total. The monoisotopic (exact) mass is 256 g/mol. The van der Waals surface area contributed by atoms with Crippen molar-refractivity contribution >= 4 is 11.4 Å². The summed E-state index contributed by atoms with van der Waals surface area (Å²) in [6.45, 7) is 0.863. The lowest BCUT2D eigenvalue weighted by molar-refractivity contribution is 0.174. The summed E-state index contributed by atoms with van der Waals surface area (Å²) in [5.74, 6) is 1.60. The minimum atomic E-state index is 0.299. The summed E-state index contributed by atoms with van der Waals surface area (Å²) in [6, 6.07) is 14.1. The minimum Gasteiger partial charge on any atom is -0.454 e. The molecule has 0 fully saturated rings. The maximum absolute atomic E-state index is 5.60. The van der Waals surface area contributed by atoms with Gasteiger partial charge in [-0.2, -0.15) is 0 Å². The van der Waals surface area contributed by atoms with Crippen molar-refractivity contribution in [3.63, 3.8) is 0 Å². The molecule has 0 spiro atoms. The van der Waals surface area contributed by atoms with E-state index < -0.39 is 0 Å². The first-order valence-corrected chi connectivity index (χ1v) is 6.20. The van der Waals surface area contributed by atoms with Gasteiger partial charge in [0.25, 0.3) is 0 Å². The van der Waals surface area contributed by atoms with Crippen molar-refractivity contribution in [2.75, 3.05) is 18.7 Å². The van der Waals surface area contributed by atoms with Crippen LogP contribution in [0.15, 0.2) is 42.5 Å². The second kappa shape index (κ2) is 4.82. The molecular weight excluding hydrogens is 240 g/mol. The van der Waals surface area contributed by atoms with Crippen molar-refractivity contribution in [3.8, 4) is 11.5 Å². The molecule has 0 saturated heterocycles. The zero-order valence-corrected chi connectivity index (χ0v) is 10.8. The molecule has 0 radical (unpaired) electrons. The van der Waals surface area contributed by atoms with Crippen LogP contribution in [0.25, 0.3) is 0 Å². The minimum absolute atomic E-state index is 0.299. The average molecular weight is 256 g/mol. The zero-order chi connectivity index (χ0) is 13.2. The Balaban J connectivity index is 1.88. The van der Waals surface area contributed by atoms with Gasteiger partial charge in [-0.3, -0.25) is 0 Å². The van der Waals surface area contributed by atoms with Crippen molar-refractivity contribution in [1.82, 2.24) is 0 Å². The number of ether oxygens (including phenoxy) is 2. The third-order valence-electron chi connectivity index (χ3n) is 3.30. The molecule has 1 heterocycles. The van der Waals surface area contributed by atoms with E-state index in [9.17, 15) is 0 Å². The van der Waals surface area contributed by atoms with Gasteiger partial charge in [0.1, 0.15) is 0 Å². The Morgan fingerprint density at radius 1 is 1.00 bits per heavy atom. The number of benzene rings is 2. The van der Waals surface area contributed by atoms with Gasteiger partial charge in [-0.1, -0.05) is 12.1 Å². The first kappa shape index (κ1) is 11.9. The molecule has 0 unspecified atom stereocenters. The van der Waals surface area contributed by atoms with Crippen molar-refractivity contribution in [2.24, 2.45) is 5.73 Å². The summed E-state index contributed by atoms with van der Waals surface area (Å²) >= 11 is 0. The number of anilines is 2. The van der Waals surface area contributed by atoms with Gasteiger partial charge in [-0.15, -0.1) is 0 Å². The number of nitrogens with two attached hydrogens (primary N) is 1. The van der Waals surface area contributed by atoms with Crippen LogP contribution in [0, 0.1) is 0 Å². The van der Waals surface area contributed by atoms with Crippen LogP contribution in [0.3, 0.4) is 0 Å². The normalized spacial score (nSPS) is 12.5.